The monoisotopic (exact) mass is 500 g/mol. The molecule has 2 N–H and O–H groups in total. The van der Waals surface area contributed by atoms with Crippen LogP contribution in [0.5, 0.6) is 11.5 Å². The number of hydrogen-bond acceptors (Lipinski definition) is 6. The second-order valence-corrected chi connectivity index (χ2v) is 8.87. The predicted octanol–water partition coefficient (Wildman–Crippen LogP) is 5.01. The summed E-state index contributed by atoms with van der Waals surface area (Å²) in [5, 5.41) is 4.14. The first-order chi connectivity index (χ1) is 17.6. The van der Waals surface area contributed by atoms with E-state index >= 15 is 0 Å². The van der Waals surface area contributed by atoms with Crippen LogP contribution >= 0.6 is 11.8 Å². The number of nitrogens with one attached hydrogen (secondary N) is 2. The molecule has 1 amide bonds. The molecule has 0 aliphatic rings. The van der Waals surface area contributed by atoms with E-state index in [1.54, 1.807) is 43.5 Å². The molecule has 2 aromatic heterocycles. The summed E-state index contributed by atoms with van der Waals surface area (Å²) in [5.41, 5.74) is 2.81. The summed E-state index contributed by atoms with van der Waals surface area (Å²) in [5.74, 6) is 1.20. The van der Waals surface area contributed by atoms with Crippen molar-refractivity contribution in [3.63, 3.8) is 0 Å². The highest BCUT2D eigenvalue weighted by atomic mass is 32.2. The van der Waals surface area contributed by atoms with Crippen LogP contribution in [0.3, 0.4) is 0 Å². The highest BCUT2D eigenvalue weighted by Crippen LogP contribution is 2.27. The van der Waals surface area contributed by atoms with Crippen LogP contribution in [0.4, 0.5) is 5.69 Å². The van der Waals surface area contributed by atoms with Gasteiger partial charge >= 0.3 is 0 Å². The van der Waals surface area contributed by atoms with Crippen LogP contribution in [0.15, 0.2) is 82.7 Å². The highest BCUT2D eigenvalue weighted by molar-refractivity contribution is 7.99. The first-order valence-electron chi connectivity index (χ1n) is 11.4. The third-order valence-electron chi connectivity index (χ3n) is 5.59. The van der Waals surface area contributed by atoms with Crippen LogP contribution in [-0.4, -0.2) is 39.9 Å². The van der Waals surface area contributed by atoms with E-state index in [9.17, 15) is 9.59 Å². The highest BCUT2D eigenvalue weighted by Gasteiger charge is 2.18. The summed E-state index contributed by atoms with van der Waals surface area (Å²) in [7, 11) is 1.57. The molecule has 0 spiro atoms. The zero-order chi connectivity index (χ0) is 25.1. The largest absolute Gasteiger partial charge is 0.497 e. The summed E-state index contributed by atoms with van der Waals surface area (Å²) in [6.07, 6.45) is 0. The number of aromatic nitrogens is 3. The molecule has 36 heavy (non-hydrogen) atoms. The van der Waals surface area contributed by atoms with Gasteiger partial charge in [-0.25, -0.2) is 4.98 Å². The van der Waals surface area contributed by atoms with E-state index in [-0.39, 0.29) is 17.2 Å². The van der Waals surface area contributed by atoms with Crippen molar-refractivity contribution in [1.82, 2.24) is 14.5 Å². The SMILES string of the molecule is CCOc1ccc(NC(=O)CSc2nc3c([nH]c4ccccc43)c(=O)n2-c2cccc(OC)c2)cc1. The van der Waals surface area contributed by atoms with Crippen LogP contribution < -0.4 is 20.3 Å². The minimum atomic E-state index is -0.251. The number of benzene rings is 3. The van der Waals surface area contributed by atoms with Gasteiger partial charge in [0.15, 0.2) is 5.16 Å². The van der Waals surface area contributed by atoms with Crippen molar-refractivity contribution >= 4 is 45.3 Å². The lowest BCUT2D eigenvalue weighted by Gasteiger charge is -2.13. The van der Waals surface area contributed by atoms with Crippen LogP contribution in [0.2, 0.25) is 0 Å². The Hall–Kier alpha value is -4.24. The second-order valence-electron chi connectivity index (χ2n) is 7.92. The molecule has 0 aliphatic carbocycles. The van der Waals surface area contributed by atoms with Crippen LogP contribution in [0, 0.1) is 0 Å². The van der Waals surface area contributed by atoms with Gasteiger partial charge in [0.2, 0.25) is 5.91 Å². The van der Waals surface area contributed by atoms with Gasteiger partial charge in [-0.1, -0.05) is 36.0 Å². The van der Waals surface area contributed by atoms with Crippen molar-refractivity contribution in [2.24, 2.45) is 0 Å². The van der Waals surface area contributed by atoms with E-state index in [1.807, 2.05) is 43.3 Å². The van der Waals surface area contributed by atoms with Crippen molar-refractivity contribution in [3.8, 4) is 17.2 Å². The molecule has 0 saturated carbocycles. The number of amides is 1. The van der Waals surface area contributed by atoms with E-state index in [0.717, 1.165) is 16.7 Å². The van der Waals surface area contributed by atoms with Gasteiger partial charge < -0.3 is 19.8 Å². The van der Waals surface area contributed by atoms with E-state index in [0.29, 0.717) is 39.9 Å². The Morgan fingerprint density at radius 3 is 2.64 bits per heavy atom. The van der Waals surface area contributed by atoms with E-state index in [4.69, 9.17) is 14.5 Å². The number of carbonyl (C=O) groups excluding carboxylic acids is 1. The maximum atomic E-state index is 13.7. The maximum Gasteiger partial charge on any atom is 0.283 e. The number of H-pyrrole nitrogens is 1. The van der Waals surface area contributed by atoms with Crippen LogP contribution in [0.1, 0.15) is 6.92 Å². The lowest BCUT2D eigenvalue weighted by Crippen LogP contribution is -2.23. The lowest BCUT2D eigenvalue weighted by molar-refractivity contribution is -0.113. The number of carbonyl (C=O) groups is 1. The Kier molecular flexibility index (Phi) is 6.64. The topological polar surface area (TPSA) is 98.2 Å². The average molecular weight is 501 g/mol. The number of aromatic amines is 1. The molecule has 8 nitrogen and oxygen atoms in total. The number of rotatable bonds is 8. The third-order valence-corrected chi connectivity index (χ3v) is 6.53. The molecular weight excluding hydrogens is 476 g/mol. The molecule has 0 atom stereocenters. The van der Waals surface area contributed by atoms with Crippen molar-refractivity contribution in [2.45, 2.75) is 12.1 Å². The smallest absolute Gasteiger partial charge is 0.283 e. The Balaban J connectivity index is 1.50. The number of para-hydroxylation sites is 1. The van der Waals surface area contributed by atoms with Gasteiger partial charge in [0.05, 0.1) is 25.2 Å². The minimum Gasteiger partial charge on any atom is -0.497 e. The Bertz CT molecular complexity index is 1610. The number of thioether (sulfide) groups is 1. The third kappa shape index (κ3) is 4.65. The Labute approximate surface area is 211 Å². The van der Waals surface area contributed by atoms with Gasteiger partial charge in [0, 0.05) is 22.7 Å². The maximum absolute atomic E-state index is 13.7. The van der Waals surface area contributed by atoms with E-state index in [1.165, 1.54) is 16.3 Å². The lowest BCUT2D eigenvalue weighted by atomic mass is 10.2. The molecule has 2 heterocycles. The Morgan fingerprint density at radius 2 is 1.86 bits per heavy atom. The fraction of sp³-hybridized carbons (Fsp3) is 0.148. The number of anilines is 1. The molecule has 5 rings (SSSR count). The molecule has 0 fully saturated rings. The number of methoxy groups -OCH3 is 1. The van der Waals surface area contributed by atoms with Gasteiger partial charge in [-0.05, 0) is 49.4 Å². The molecule has 0 aliphatic heterocycles. The first-order valence-corrected chi connectivity index (χ1v) is 12.4. The van der Waals surface area contributed by atoms with E-state index < -0.39 is 0 Å². The van der Waals surface area contributed by atoms with Gasteiger partial charge in [-0.3, -0.25) is 14.2 Å². The molecule has 0 unspecified atom stereocenters. The molecule has 182 valence electrons. The summed E-state index contributed by atoms with van der Waals surface area (Å²) in [6, 6.07) is 22.0. The molecule has 0 saturated heterocycles. The summed E-state index contributed by atoms with van der Waals surface area (Å²) in [4.78, 5) is 34.4. The van der Waals surface area contributed by atoms with Crippen molar-refractivity contribution < 1.29 is 14.3 Å². The molecule has 5 aromatic rings. The standard InChI is InChI=1S/C27H24N4O4S/c1-3-35-19-13-11-17(12-14-19)28-23(32)16-36-27-30-24-21-9-4-5-10-22(21)29-25(24)26(33)31(27)18-7-6-8-20(15-18)34-2/h4-15,29H,3,16H2,1-2H3,(H,28,32). The Morgan fingerprint density at radius 1 is 1.06 bits per heavy atom. The number of hydrogen-bond donors (Lipinski definition) is 2. The molecule has 9 heteroatoms. The number of ether oxygens (including phenoxy) is 2. The van der Waals surface area contributed by atoms with Crippen molar-refractivity contribution in [3.05, 3.63) is 83.2 Å². The molecular formula is C27H24N4O4S. The molecule has 0 radical (unpaired) electrons. The van der Waals surface area contributed by atoms with Gasteiger partial charge in [-0.2, -0.15) is 0 Å². The zero-order valence-electron chi connectivity index (χ0n) is 19.8. The van der Waals surface area contributed by atoms with Crippen molar-refractivity contribution in [1.29, 1.82) is 0 Å². The fourth-order valence-corrected chi connectivity index (χ4v) is 4.75. The average Bonchev–Trinajstić information content (AvgIpc) is 3.28. The quantitative estimate of drug-likeness (QED) is 0.230. The summed E-state index contributed by atoms with van der Waals surface area (Å²) >= 11 is 1.20. The normalized spacial score (nSPS) is 11.1. The zero-order valence-corrected chi connectivity index (χ0v) is 20.6. The van der Waals surface area contributed by atoms with Gasteiger partial charge in [-0.15, -0.1) is 0 Å². The molecule has 0 bridgehead atoms. The van der Waals surface area contributed by atoms with Crippen LogP contribution in [-0.2, 0) is 4.79 Å². The minimum absolute atomic E-state index is 0.0669. The summed E-state index contributed by atoms with van der Waals surface area (Å²) < 4.78 is 12.3. The molecule has 3 aromatic carbocycles. The number of nitrogens with zero attached hydrogens (tertiary/aromatic N) is 2. The van der Waals surface area contributed by atoms with E-state index in [2.05, 4.69) is 10.3 Å². The van der Waals surface area contributed by atoms with Gasteiger partial charge in [0.25, 0.3) is 5.56 Å². The fourth-order valence-electron chi connectivity index (χ4n) is 3.94. The predicted molar refractivity (Wildman–Crippen MR) is 143 cm³/mol. The van der Waals surface area contributed by atoms with Crippen molar-refractivity contribution in [2.75, 3.05) is 24.8 Å². The second kappa shape index (κ2) is 10.2. The first kappa shape index (κ1) is 23.5. The summed E-state index contributed by atoms with van der Waals surface area (Å²) in [6.45, 7) is 2.49. The van der Waals surface area contributed by atoms with Gasteiger partial charge in [0.1, 0.15) is 22.5 Å². The van der Waals surface area contributed by atoms with Crippen LogP contribution in [0.25, 0.3) is 27.6 Å². The number of fused-ring (bicyclic) bond motifs is 3.